The molecule has 1 unspecified atom stereocenters. The van der Waals surface area contributed by atoms with Crippen LogP contribution in [0.2, 0.25) is 0 Å². The molecule has 1 aromatic rings. The average Bonchev–Trinajstić information content (AvgIpc) is 2.42. The number of likely N-dealkylation sites (tertiary alicyclic amines) is 1. The fraction of sp³-hybridized carbons (Fsp3) is 0.667. The van der Waals surface area contributed by atoms with Crippen molar-refractivity contribution in [2.45, 2.75) is 65.1 Å². The molecule has 2 rings (SSSR count). The number of rotatable bonds is 5. The number of likely N-dealkylation sites (N-methyl/N-ethyl adjacent to an activating group) is 1. The molecular formula is C18H30N2. The Morgan fingerprint density at radius 2 is 1.95 bits per heavy atom. The smallest absolute Gasteiger partial charge is 0.0449 e. The van der Waals surface area contributed by atoms with Gasteiger partial charge in [-0.3, -0.25) is 4.90 Å². The minimum atomic E-state index is 0.447. The third-order valence-corrected chi connectivity index (χ3v) is 4.66. The maximum atomic E-state index is 3.67. The number of nitrogens with one attached hydrogen (secondary N) is 1. The average molecular weight is 274 g/mol. The van der Waals surface area contributed by atoms with Crippen molar-refractivity contribution in [3.63, 3.8) is 0 Å². The third kappa shape index (κ3) is 3.83. The Morgan fingerprint density at radius 1 is 1.25 bits per heavy atom. The minimum Gasteiger partial charge on any atom is -0.309 e. The molecule has 0 aliphatic carbocycles. The summed E-state index contributed by atoms with van der Waals surface area (Å²) in [4.78, 5) is 2.69. The van der Waals surface area contributed by atoms with Crippen LogP contribution < -0.4 is 5.32 Å². The molecule has 112 valence electrons. The topological polar surface area (TPSA) is 15.3 Å². The van der Waals surface area contributed by atoms with E-state index in [1.165, 1.54) is 30.4 Å². The summed E-state index contributed by atoms with van der Waals surface area (Å²) in [6, 6.07) is 10.8. The van der Waals surface area contributed by atoms with E-state index in [0.29, 0.717) is 18.1 Å². The van der Waals surface area contributed by atoms with Crippen molar-refractivity contribution >= 4 is 0 Å². The zero-order valence-electron chi connectivity index (χ0n) is 13.5. The van der Waals surface area contributed by atoms with Crippen LogP contribution in [-0.4, -0.2) is 30.1 Å². The van der Waals surface area contributed by atoms with Crippen molar-refractivity contribution in [2.75, 3.05) is 13.1 Å². The van der Waals surface area contributed by atoms with Crippen LogP contribution in [0.15, 0.2) is 24.3 Å². The molecule has 0 aromatic heterocycles. The van der Waals surface area contributed by atoms with E-state index in [1.54, 1.807) is 0 Å². The summed E-state index contributed by atoms with van der Waals surface area (Å²) in [5.74, 6) is 0. The zero-order chi connectivity index (χ0) is 14.5. The molecule has 1 aromatic carbocycles. The maximum absolute atomic E-state index is 3.67. The summed E-state index contributed by atoms with van der Waals surface area (Å²) >= 11 is 0. The molecule has 0 saturated carbocycles. The van der Waals surface area contributed by atoms with Gasteiger partial charge < -0.3 is 5.32 Å². The highest BCUT2D eigenvalue weighted by Gasteiger charge is 2.27. The normalized spacial score (nSPS) is 25.6. The van der Waals surface area contributed by atoms with Crippen molar-refractivity contribution in [1.82, 2.24) is 10.2 Å². The van der Waals surface area contributed by atoms with Crippen LogP contribution in [0, 0.1) is 6.92 Å². The summed E-state index contributed by atoms with van der Waals surface area (Å²) in [5.41, 5.74) is 2.78. The monoisotopic (exact) mass is 274 g/mol. The van der Waals surface area contributed by atoms with E-state index in [2.05, 4.69) is 62.2 Å². The predicted molar refractivity (Wildman–Crippen MR) is 87.1 cm³/mol. The van der Waals surface area contributed by atoms with Gasteiger partial charge >= 0.3 is 0 Å². The molecule has 0 amide bonds. The Bertz CT molecular complexity index is 406. The number of nitrogens with zero attached hydrogens (tertiary/aromatic N) is 1. The molecule has 1 fully saturated rings. The van der Waals surface area contributed by atoms with E-state index >= 15 is 0 Å². The molecule has 1 saturated heterocycles. The molecule has 0 spiro atoms. The van der Waals surface area contributed by atoms with E-state index in [4.69, 9.17) is 0 Å². The summed E-state index contributed by atoms with van der Waals surface area (Å²) in [5, 5.41) is 3.67. The maximum Gasteiger partial charge on any atom is 0.0449 e. The van der Waals surface area contributed by atoms with Gasteiger partial charge in [0.25, 0.3) is 0 Å². The van der Waals surface area contributed by atoms with E-state index in [1.807, 2.05) is 0 Å². The number of hydrogen-bond acceptors (Lipinski definition) is 2. The molecular weight excluding hydrogens is 244 g/mol. The Labute approximate surface area is 124 Å². The van der Waals surface area contributed by atoms with Gasteiger partial charge in [0.2, 0.25) is 0 Å². The predicted octanol–water partition coefficient (Wildman–Crippen LogP) is 3.91. The van der Waals surface area contributed by atoms with Crippen LogP contribution in [0.25, 0.3) is 0 Å². The quantitative estimate of drug-likeness (QED) is 0.876. The third-order valence-electron chi connectivity index (χ3n) is 4.66. The first kappa shape index (κ1) is 15.5. The molecule has 2 heteroatoms. The van der Waals surface area contributed by atoms with Crippen LogP contribution in [-0.2, 0) is 0 Å². The Morgan fingerprint density at radius 3 is 2.55 bits per heavy atom. The van der Waals surface area contributed by atoms with Gasteiger partial charge in [-0.25, -0.2) is 0 Å². The van der Waals surface area contributed by atoms with Crippen LogP contribution in [0.3, 0.4) is 0 Å². The van der Waals surface area contributed by atoms with Crippen molar-refractivity contribution in [3.8, 4) is 0 Å². The van der Waals surface area contributed by atoms with Crippen LogP contribution in [0.4, 0.5) is 0 Å². The fourth-order valence-corrected chi connectivity index (χ4v) is 3.47. The summed E-state index contributed by atoms with van der Waals surface area (Å²) in [6.07, 6.45) is 4.07. The number of piperidine rings is 1. The Hall–Kier alpha value is -0.860. The lowest BCUT2D eigenvalue weighted by Crippen LogP contribution is -2.47. The highest BCUT2D eigenvalue weighted by molar-refractivity contribution is 5.25. The molecule has 1 heterocycles. The SMILES string of the molecule is CCNC(CN1[C@H](C)CCC[C@@H]1C)c1cccc(C)c1. The number of benzene rings is 1. The van der Waals surface area contributed by atoms with Crippen molar-refractivity contribution in [3.05, 3.63) is 35.4 Å². The molecule has 1 aliphatic heterocycles. The highest BCUT2D eigenvalue weighted by atomic mass is 15.2. The number of hydrogen-bond donors (Lipinski definition) is 1. The standard InChI is InChI=1S/C18H30N2/c1-5-19-18(17-11-6-8-14(2)12-17)13-20-15(3)9-7-10-16(20)4/h6,8,11-12,15-16,18-19H,5,7,9-10,13H2,1-4H3/t15-,16+,18?. The van der Waals surface area contributed by atoms with Gasteiger partial charge in [-0.15, -0.1) is 0 Å². The van der Waals surface area contributed by atoms with Crippen LogP contribution >= 0.6 is 0 Å². The van der Waals surface area contributed by atoms with Gasteiger partial charge in [0.15, 0.2) is 0 Å². The van der Waals surface area contributed by atoms with Crippen LogP contribution in [0.1, 0.15) is 57.2 Å². The molecule has 20 heavy (non-hydrogen) atoms. The molecule has 0 bridgehead atoms. The van der Waals surface area contributed by atoms with Gasteiger partial charge in [0.1, 0.15) is 0 Å². The molecule has 3 atom stereocenters. The van der Waals surface area contributed by atoms with E-state index < -0.39 is 0 Å². The summed E-state index contributed by atoms with van der Waals surface area (Å²) in [6.45, 7) is 11.3. The second kappa shape index (κ2) is 7.24. The van der Waals surface area contributed by atoms with Gasteiger partial charge in [0.05, 0.1) is 0 Å². The van der Waals surface area contributed by atoms with Crippen molar-refractivity contribution in [2.24, 2.45) is 0 Å². The van der Waals surface area contributed by atoms with Crippen molar-refractivity contribution in [1.29, 1.82) is 0 Å². The Kier molecular flexibility index (Phi) is 5.62. The van der Waals surface area contributed by atoms with E-state index in [0.717, 1.165) is 13.1 Å². The second-order valence-electron chi connectivity index (χ2n) is 6.35. The highest BCUT2D eigenvalue weighted by Crippen LogP contribution is 2.26. The largest absolute Gasteiger partial charge is 0.309 e. The zero-order valence-corrected chi connectivity index (χ0v) is 13.5. The summed E-state index contributed by atoms with van der Waals surface area (Å²) in [7, 11) is 0. The van der Waals surface area contributed by atoms with E-state index in [-0.39, 0.29) is 0 Å². The van der Waals surface area contributed by atoms with Gasteiger partial charge in [-0.05, 0) is 45.7 Å². The first-order valence-electron chi connectivity index (χ1n) is 8.17. The summed E-state index contributed by atoms with van der Waals surface area (Å²) < 4.78 is 0. The molecule has 1 aliphatic rings. The lowest BCUT2D eigenvalue weighted by molar-refractivity contribution is 0.0911. The van der Waals surface area contributed by atoms with Gasteiger partial charge in [-0.2, -0.15) is 0 Å². The van der Waals surface area contributed by atoms with Crippen molar-refractivity contribution < 1.29 is 0 Å². The lowest BCUT2D eigenvalue weighted by atomic mass is 9.95. The lowest BCUT2D eigenvalue weighted by Gasteiger charge is -2.41. The first-order chi connectivity index (χ1) is 9.61. The fourth-order valence-electron chi connectivity index (χ4n) is 3.47. The van der Waals surface area contributed by atoms with Gasteiger partial charge in [0, 0.05) is 24.7 Å². The molecule has 0 radical (unpaired) electrons. The number of aryl methyl sites for hydroxylation is 1. The first-order valence-corrected chi connectivity index (χ1v) is 8.17. The second-order valence-corrected chi connectivity index (χ2v) is 6.35. The minimum absolute atomic E-state index is 0.447. The molecule has 2 nitrogen and oxygen atoms in total. The van der Waals surface area contributed by atoms with Crippen LogP contribution in [0.5, 0.6) is 0 Å². The molecule has 1 N–H and O–H groups in total. The van der Waals surface area contributed by atoms with Gasteiger partial charge in [-0.1, -0.05) is 43.2 Å². The van der Waals surface area contributed by atoms with E-state index in [9.17, 15) is 0 Å². The Balaban J connectivity index is 2.12.